The number of carbonyl (C=O) groups excluding carboxylic acids is 1. The molecule has 1 aromatic heterocycles. The molecule has 150 valence electrons. The molecule has 0 aliphatic carbocycles. The summed E-state index contributed by atoms with van der Waals surface area (Å²) in [6.45, 7) is 8.77. The molecule has 7 nitrogen and oxygen atoms in total. The molecule has 2 aliphatic rings. The SMILES string of the molecule is CC1CN(c2ccc(NC(=O)C(C)OCC3CCCCO3)cn2)CC(C)O1. The van der Waals surface area contributed by atoms with Crippen LogP contribution in [0.25, 0.3) is 0 Å². The van der Waals surface area contributed by atoms with Crippen LogP contribution in [0.1, 0.15) is 40.0 Å². The minimum atomic E-state index is -0.531. The second-order valence-corrected chi connectivity index (χ2v) is 7.52. The average Bonchev–Trinajstić information content (AvgIpc) is 2.66. The van der Waals surface area contributed by atoms with Crippen LogP contribution < -0.4 is 10.2 Å². The van der Waals surface area contributed by atoms with E-state index in [9.17, 15) is 4.79 Å². The maximum Gasteiger partial charge on any atom is 0.253 e. The van der Waals surface area contributed by atoms with E-state index in [1.807, 2.05) is 12.1 Å². The Balaban J connectivity index is 1.47. The van der Waals surface area contributed by atoms with E-state index in [1.165, 1.54) is 0 Å². The van der Waals surface area contributed by atoms with Gasteiger partial charge < -0.3 is 24.4 Å². The lowest BCUT2D eigenvalue weighted by Gasteiger charge is -2.36. The molecular formula is C20H31N3O4. The first-order valence-corrected chi connectivity index (χ1v) is 9.92. The smallest absolute Gasteiger partial charge is 0.253 e. The largest absolute Gasteiger partial charge is 0.376 e. The molecule has 1 N–H and O–H groups in total. The first-order chi connectivity index (χ1) is 13.0. The summed E-state index contributed by atoms with van der Waals surface area (Å²) in [5.41, 5.74) is 0.669. The first kappa shape index (κ1) is 20.0. The number of hydrogen-bond donors (Lipinski definition) is 1. The van der Waals surface area contributed by atoms with Crippen LogP contribution in [-0.4, -0.2) is 61.6 Å². The minimum Gasteiger partial charge on any atom is -0.376 e. The van der Waals surface area contributed by atoms with Crippen molar-refractivity contribution in [1.29, 1.82) is 0 Å². The number of nitrogens with one attached hydrogen (secondary N) is 1. The molecule has 2 fully saturated rings. The van der Waals surface area contributed by atoms with Crippen LogP contribution in [0.3, 0.4) is 0 Å². The third-order valence-corrected chi connectivity index (χ3v) is 4.93. The molecule has 3 heterocycles. The number of rotatable bonds is 6. The Hall–Kier alpha value is -1.70. The number of amides is 1. The van der Waals surface area contributed by atoms with Crippen molar-refractivity contribution in [3.63, 3.8) is 0 Å². The number of morpholine rings is 1. The Morgan fingerprint density at radius 2 is 2.11 bits per heavy atom. The summed E-state index contributed by atoms with van der Waals surface area (Å²) in [4.78, 5) is 19.0. The number of hydrogen-bond acceptors (Lipinski definition) is 6. The number of ether oxygens (including phenoxy) is 3. The van der Waals surface area contributed by atoms with Crippen molar-refractivity contribution in [2.45, 2.75) is 64.4 Å². The quantitative estimate of drug-likeness (QED) is 0.822. The Labute approximate surface area is 161 Å². The Morgan fingerprint density at radius 1 is 1.33 bits per heavy atom. The lowest BCUT2D eigenvalue weighted by Crippen LogP contribution is -2.45. The van der Waals surface area contributed by atoms with Crippen molar-refractivity contribution < 1.29 is 19.0 Å². The van der Waals surface area contributed by atoms with E-state index in [0.717, 1.165) is 44.8 Å². The van der Waals surface area contributed by atoms with Gasteiger partial charge in [-0.05, 0) is 52.2 Å². The zero-order valence-corrected chi connectivity index (χ0v) is 16.5. The molecule has 2 saturated heterocycles. The maximum absolute atomic E-state index is 12.3. The number of anilines is 2. The van der Waals surface area contributed by atoms with Crippen LogP contribution >= 0.6 is 0 Å². The van der Waals surface area contributed by atoms with Gasteiger partial charge >= 0.3 is 0 Å². The molecule has 2 aliphatic heterocycles. The minimum absolute atomic E-state index is 0.105. The van der Waals surface area contributed by atoms with E-state index in [1.54, 1.807) is 13.1 Å². The fourth-order valence-electron chi connectivity index (χ4n) is 3.52. The fraction of sp³-hybridized carbons (Fsp3) is 0.700. The summed E-state index contributed by atoms with van der Waals surface area (Å²) in [7, 11) is 0. The molecule has 1 amide bonds. The second-order valence-electron chi connectivity index (χ2n) is 7.52. The highest BCUT2D eigenvalue weighted by Gasteiger charge is 2.23. The monoisotopic (exact) mass is 377 g/mol. The fourth-order valence-corrected chi connectivity index (χ4v) is 3.52. The summed E-state index contributed by atoms with van der Waals surface area (Å²) in [5, 5.41) is 2.87. The summed E-state index contributed by atoms with van der Waals surface area (Å²) >= 11 is 0. The maximum atomic E-state index is 12.3. The lowest BCUT2D eigenvalue weighted by molar-refractivity contribution is -0.130. The lowest BCUT2D eigenvalue weighted by atomic mass is 10.1. The van der Waals surface area contributed by atoms with E-state index in [4.69, 9.17) is 14.2 Å². The highest BCUT2D eigenvalue weighted by atomic mass is 16.5. The van der Waals surface area contributed by atoms with E-state index >= 15 is 0 Å². The third-order valence-electron chi connectivity index (χ3n) is 4.93. The first-order valence-electron chi connectivity index (χ1n) is 9.92. The topological polar surface area (TPSA) is 72.9 Å². The predicted molar refractivity (Wildman–Crippen MR) is 104 cm³/mol. The standard InChI is InChI=1S/C20H31N3O4/c1-14-11-23(12-15(2)27-14)19-8-7-17(10-21-19)22-20(24)16(3)26-13-18-6-4-5-9-25-18/h7-8,10,14-16,18H,4-6,9,11-13H2,1-3H3,(H,22,24). The van der Waals surface area contributed by atoms with Crippen molar-refractivity contribution in [2.24, 2.45) is 0 Å². The van der Waals surface area contributed by atoms with E-state index in [0.29, 0.717) is 12.3 Å². The third kappa shape index (κ3) is 5.89. The van der Waals surface area contributed by atoms with Gasteiger partial charge in [0.1, 0.15) is 11.9 Å². The molecule has 0 saturated carbocycles. The van der Waals surface area contributed by atoms with E-state index < -0.39 is 6.10 Å². The number of pyridine rings is 1. The molecule has 4 atom stereocenters. The van der Waals surface area contributed by atoms with Gasteiger partial charge in [0.2, 0.25) is 0 Å². The van der Waals surface area contributed by atoms with Crippen LogP contribution in [0.2, 0.25) is 0 Å². The van der Waals surface area contributed by atoms with Gasteiger partial charge in [0.05, 0.1) is 36.8 Å². The van der Waals surface area contributed by atoms with Crippen molar-refractivity contribution >= 4 is 17.4 Å². The van der Waals surface area contributed by atoms with E-state index in [-0.39, 0.29) is 24.2 Å². The summed E-state index contributed by atoms with van der Waals surface area (Å²) in [6.07, 6.45) is 4.89. The van der Waals surface area contributed by atoms with Gasteiger partial charge in [0.25, 0.3) is 5.91 Å². The molecule has 0 spiro atoms. The molecule has 1 aromatic rings. The summed E-state index contributed by atoms with van der Waals surface area (Å²) in [5.74, 6) is 0.725. The normalized spacial score (nSPS) is 27.2. The van der Waals surface area contributed by atoms with Crippen molar-refractivity contribution in [1.82, 2.24) is 4.98 Å². The summed E-state index contributed by atoms with van der Waals surface area (Å²) in [6, 6.07) is 3.81. The molecule has 0 radical (unpaired) electrons. The molecule has 3 rings (SSSR count). The molecule has 0 bridgehead atoms. The van der Waals surface area contributed by atoms with Gasteiger partial charge in [-0.2, -0.15) is 0 Å². The van der Waals surface area contributed by atoms with Crippen LogP contribution in [-0.2, 0) is 19.0 Å². The Kier molecular flexibility index (Phi) is 7.04. The van der Waals surface area contributed by atoms with Gasteiger partial charge in [0, 0.05) is 19.7 Å². The number of nitrogens with zero attached hydrogens (tertiary/aromatic N) is 2. The molecule has 0 aromatic carbocycles. The Bertz CT molecular complexity index is 594. The van der Waals surface area contributed by atoms with Crippen LogP contribution in [0, 0.1) is 0 Å². The summed E-state index contributed by atoms with van der Waals surface area (Å²) < 4.78 is 17.1. The molecular weight excluding hydrogens is 346 g/mol. The molecule has 4 unspecified atom stereocenters. The number of aromatic nitrogens is 1. The van der Waals surface area contributed by atoms with Gasteiger partial charge in [-0.15, -0.1) is 0 Å². The second kappa shape index (κ2) is 9.48. The van der Waals surface area contributed by atoms with Crippen LogP contribution in [0.5, 0.6) is 0 Å². The molecule has 7 heteroatoms. The highest BCUT2D eigenvalue weighted by Crippen LogP contribution is 2.20. The van der Waals surface area contributed by atoms with Gasteiger partial charge in [0.15, 0.2) is 0 Å². The van der Waals surface area contributed by atoms with Crippen molar-refractivity contribution in [3.8, 4) is 0 Å². The predicted octanol–water partition coefficient (Wildman–Crippen LogP) is 2.61. The van der Waals surface area contributed by atoms with Crippen LogP contribution in [0.15, 0.2) is 18.3 Å². The van der Waals surface area contributed by atoms with Crippen molar-refractivity contribution in [3.05, 3.63) is 18.3 Å². The van der Waals surface area contributed by atoms with Crippen LogP contribution in [0.4, 0.5) is 11.5 Å². The average molecular weight is 377 g/mol. The zero-order valence-electron chi connectivity index (χ0n) is 16.5. The van der Waals surface area contributed by atoms with Gasteiger partial charge in [-0.3, -0.25) is 4.79 Å². The van der Waals surface area contributed by atoms with Gasteiger partial charge in [-0.25, -0.2) is 4.98 Å². The van der Waals surface area contributed by atoms with Gasteiger partial charge in [-0.1, -0.05) is 0 Å². The molecule has 27 heavy (non-hydrogen) atoms. The van der Waals surface area contributed by atoms with E-state index in [2.05, 4.69) is 29.0 Å². The zero-order chi connectivity index (χ0) is 19.2. The Morgan fingerprint density at radius 3 is 2.74 bits per heavy atom. The number of carbonyl (C=O) groups is 1. The highest BCUT2D eigenvalue weighted by molar-refractivity contribution is 5.93. The van der Waals surface area contributed by atoms with Crippen molar-refractivity contribution in [2.75, 3.05) is 36.5 Å².